The number of methoxy groups -OCH3 is 2. The maximum absolute atomic E-state index is 12.3. The Labute approximate surface area is 169 Å². The zero-order chi connectivity index (χ0) is 20.6. The van der Waals surface area contributed by atoms with Gasteiger partial charge in [-0.25, -0.2) is 0 Å². The topological polar surface area (TPSA) is 76.7 Å². The number of hydrogen-bond donors (Lipinski definition) is 2. The molecule has 0 saturated carbocycles. The number of carbonyl (C=O) groups is 2. The molecule has 2 N–H and O–H groups in total. The van der Waals surface area contributed by atoms with Gasteiger partial charge in [-0.3, -0.25) is 9.59 Å². The van der Waals surface area contributed by atoms with Crippen molar-refractivity contribution in [3.05, 3.63) is 71.8 Å². The maximum atomic E-state index is 12.3. The fraction of sp³-hybridized carbons (Fsp3) is 0.217. The van der Waals surface area contributed by atoms with E-state index in [1.807, 2.05) is 18.2 Å². The van der Waals surface area contributed by atoms with Crippen LogP contribution in [0.4, 0.5) is 0 Å². The van der Waals surface area contributed by atoms with E-state index in [2.05, 4.69) is 34.9 Å². The lowest BCUT2D eigenvalue weighted by molar-refractivity contribution is -0.120. The van der Waals surface area contributed by atoms with Gasteiger partial charge in [0.1, 0.15) is 0 Å². The number of hydrogen-bond acceptors (Lipinski definition) is 4. The third kappa shape index (κ3) is 5.04. The van der Waals surface area contributed by atoms with Gasteiger partial charge in [0.25, 0.3) is 5.91 Å². The lowest BCUT2D eigenvalue weighted by Gasteiger charge is -2.11. The van der Waals surface area contributed by atoms with Gasteiger partial charge < -0.3 is 20.1 Å². The van der Waals surface area contributed by atoms with Gasteiger partial charge in [0, 0.05) is 12.1 Å². The quantitative estimate of drug-likeness (QED) is 0.618. The molecular weight excluding hydrogens is 368 g/mol. The molecule has 3 aromatic carbocycles. The van der Waals surface area contributed by atoms with E-state index >= 15 is 0 Å². The fourth-order valence-corrected chi connectivity index (χ4v) is 3.15. The number of amides is 2. The first kappa shape index (κ1) is 20.2. The Balaban J connectivity index is 1.49. The maximum Gasteiger partial charge on any atom is 0.251 e. The molecule has 0 unspecified atom stereocenters. The van der Waals surface area contributed by atoms with Crippen molar-refractivity contribution in [2.45, 2.75) is 6.42 Å². The van der Waals surface area contributed by atoms with Crippen molar-refractivity contribution in [1.29, 1.82) is 0 Å². The van der Waals surface area contributed by atoms with Gasteiger partial charge in [0.2, 0.25) is 5.91 Å². The van der Waals surface area contributed by atoms with Crippen molar-refractivity contribution in [3.8, 4) is 11.5 Å². The molecular formula is C23H24N2O4. The molecule has 0 radical (unpaired) electrons. The molecule has 6 heteroatoms. The first-order valence-corrected chi connectivity index (χ1v) is 9.36. The van der Waals surface area contributed by atoms with Gasteiger partial charge in [-0.05, 0) is 41.0 Å². The molecule has 0 aliphatic carbocycles. The van der Waals surface area contributed by atoms with Crippen molar-refractivity contribution in [2.75, 3.05) is 27.3 Å². The molecule has 0 atom stereocenters. The van der Waals surface area contributed by atoms with Gasteiger partial charge >= 0.3 is 0 Å². The van der Waals surface area contributed by atoms with E-state index in [9.17, 15) is 9.59 Å². The van der Waals surface area contributed by atoms with Crippen molar-refractivity contribution in [1.82, 2.24) is 10.6 Å². The number of fused-ring (bicyclic) bond motifs is 1. The molecule has 3 rings (SSSR count). The second-order valence-corrected chi connectivity index (χ2v) is 6.49. The van der Waals surface area contributed by atoms with E-state index in [1.165, 1.54) is 30.6 Å². The molecule has 0 spiro atoms. The Kier molecular flexibility index (Phi) is 6.68. The monoisotopic (exact) mass is 392 g/mol. The van der Waals surface area contributed by atoms with Crippen molar-refractivity contribution in [2.24, 2.45) is 0 Å². The number of carbonyl (C=O) groups excluding carboxylic acids is 2. The minimum atomic E-state index is -0.352. The molecule has 0 saturated heterocycles. The third-order valence-corrected chi connectivity index (χ3v) is 4.65. The summed E-state index contributed by atoms with van der Waals surface area (Å²) in [5.74, 6) is 0.407. The predicted octanol–water partition coefficient (Wildman–Crippen LogP) is 2.95. The van der Waals surface area contributed by atoms with E-state index in [1.54, 1.807) is 18.2 Å². The third-order valence-electron chi connectivity index (χ3n) is 4.65. The average Bonchev–Trinajstić information content (AvgIpc) is 2.77. The molecule has 0 heterocycles. The molecule has 6 nitrogen and oxygen atoms in total. The van der Waals surface area contributed by atoms with Gasteiger partial charge in [0.15, 0.2) is 11.5 Å². The SMILES string of the molecule is COc1ccc(C(=O)NCC(=O)NCCc2cccc3ccccc23)cc1OC. The minimum absolute atomic E-state index is 0.0945. The van der Waals surface area contributed by atoms with Gasteiger partial charge in [0.05, 0.1) is 20.8 Å². The van der Waals surface area contributed by atoms with E-state index < -0.39 is 0 Å². The van der Waals surface area contributed by atoms with Crippen molar-refractivity contribution >= 4 is 22.6 Å². The second kappa shape index (κ2) is 9.59. The summed E-state index contributed by atoms with van der Waals surface area (Å²) in [6.07, 6.45) is 0.719. The molecule has 0 aliphatic rings. The number of ether oxygens (including phenoxy) is 2. The molecule has 0 aliphatic heterocycles. The molecule has 0 fully saturated rings. The summed E-state index contributed by atoms with van der Waals surface area (Å²) < 4.78 is 10.3. The summed E-state index contributed by atoms with van der Waals surface area (Å²) in [4.78, 5) is 24.4. The smallest absolute Gasteiger partial charge is 0.251 e. The van der Waals surface area contributed by atoms with Crippen LogP contribution in [0.1, 0.15) is 15.9 Å². The van der Waals surface area contributed by atoms with Crippen LogP contribution in [0.2, 0.25) is 0 Å². The van der Waals surface area contributed by atoms with Gasteiger partial charge in [-0.2, -0.15) is 0 Å². The summed E-state index contributed by atoms with van der Waals surface area (Å²) in [6, 6.07) is 19.2. The zero-order valence-electron chi connectivity index (χ0n) is 16.5. The van der Waals surface area contributed by atoms with Crippen LogP contribution in [0.3, 0.4) is 0 Å². The molecule has 2 amide bonds. The highest BCUT2D eigenvalue weighted by Crippen LogP contribution is 2.27. The lowest BCUT2D eigenvalue weighted by atomic mass is 10.0. The first-order chi connectivity index (χ1) is 14.1. The van der Waals surface area contributed by atoms with Crippen LogP contribution in [-0.4, -0.2) is 39.1 Å². The standard InChI is InChI=1S/C23H24N2O4/c1-28-20-11-10-18(14-21(20)29-2)23(27)25-15-22(26)24-13-12-17-8-5-7-16-6-3-4-9-19(16)17/h3-11,14H,12-13,15H2,1-2H3,(H,24,26)(H,25,27). The van der Waals surface area contributed by atoms with Crippen LogP contribution in [0.25, 0.3) is 10.8 Å². The van der Waals surface area contributed by atoms with Gasteiger partial charge in [-0.15, -0.1) is 0 Å². The van der Waals surface area contributed by atoms with E-state index in [4.69, 9.17) is 9.47 Å². The summed E-state index contributed by atoms with van der Waals surface area (Å²) in [5, 5.41) is 7.83. The number of rotatable bonds is 8. The Bertz CT molecular complexity index is 1010. The molecule has 0 bridgehead atoms. The van der Waals surface area contributed by atoms with Crippen LogP contribution in [-0.2, 0) is 11.2 Å². The number of nitrogens with one attached hydrogen (secondary N) is 2. The molecule has 3 aromatic rings. The van der Waals surface area contributed by atoms with E-state index in [0.29, 0.717) is 23.6 Å². The lowest BCUT2D eigenvalue weighted by Crippen LogP contribution is -2.37. The van der Waals surface area contributed by atoms with Crippen LogP contribution >= 0.6 is 0 Å². The predicted molar refractivity (Wildman–Crippen MR) is 113 cm³/mol. The Hall–Kier alpha value is -3.54. The molecule has 29 heavy (non-hydrogen) atoms. The second-order valence-electron chi connectivity index (χ2n) is 6.49. The van der Waals surface area contributed by atoms with E-state index in [-0.39, 0.29) is 18.4 Å². The normalized spacial score (nSPS) is 10.4. The highest BCUT2D eigenvalue weighted by atomic mass is 16.5. The zero-order valence-corrected chi connectivity index (χ0v) is 16.5. The summed E-state index contributed by atoms with van der Waals surface area (Å²) >= 11 is 0. The van der Waals surface area contributed by atoms with E-state index in [0.717, 1.165) is 6.42 Å². The Morgan fingerprint density at radius 2 is 1.62 bits per heavy atom. The largest absolute Gasteiger partial charge is 0.493 e. The van der Waals surface area contributed by atoms with Gasteiger partial charge in [-0.1, -0.05) is 42.5 Å². The van der Waals surface area contributed by atoms with Crippen LogP contribution < -0.4 is 20.1 Å². The first-order valence-electron chi connectivity index (χ1n) is 9.36. The van der Waals surface area contributed by atoms with Crippen molar-refractivity contribution in [3.63, 3.8) is 0 Å². The molecule has 0 aromatic heterocycles. The Morgan fingerprint density at radius 3 is 2.41 bits per heavy atom. The molecule has 150 valence electrons. The highest BCUT2D eigenvalue weighted by Gasteiger charge is 2.12. The summed E-state index contributed by atoms with van der Waals surface area (Å²) in [6.45, 7) is 0.405. The highest BCUT2D eigenvalue weighted by molar-refractivity contribution is 5.97. The average molecular weight is 392 g/mol. The summed E-state index contributed by atoms with van der Waals surface area (Å²) in [5.41, 5.74) is 1.57. The fourth-order valence-electron chi connectivity index (χ4n) is 3.15. The minimum Gasteiger partial charge on any atom is -0.493 e. The van der Waals surface area contributed by atoms with Crippen molar-refractivity contribution < 1.29 is 19.1 Å². The van der Waals surface area contributed by atoms with Crippen LogP contribution in [0, 0.1) is 0 Å². The number of benzene rings is 3. The van der Waals surface area contributed by atoms with Crippen LogP contribution in [0.15, 0.2) is 60.7 Å². The van der Waals surface area contributed by atoms with Crippen LogP contribution in [0.5, 0.6) is 11.5 Å². The Morgan fingerprint density at radius 1 is 0.862 bits per heavy atom. The summed E-state index contributed by atoms with van der Waals surface area (Å²) in [7, 11) is 3.03.